The third kappa shape index (κ3) is 3.23. The van der Waals surface area contributed by atoms with Crippen LogP contribution in [0, 0.1) is 0 Å². The summed E-state index contributed by atoms with van der Waals surface area (Å²) in [6, 6.07) is 9.80. The monoisotopic (exact) mass is 433 g/mol. The number of hydrogen-bond acceptors (Lipinski definition) is 7. The van der Waals surface area contributed by atoms with Crippen LogP contribution in [0.3, 0.4) is 0 Å². The first-order chi connectivity index (χ1) is 13.5. The highest BCUT2D eigenvalue weighted by Gasteiger charge is 2.41. The molecule has 4 rings (SSSR count). The first kappa shape index (κ1) is 19.3. The van der Waals surface area contributed by atoms with Gasteiger partial charge in [0.15, 0.2) is 11.6 Å². The molecule has 0 saturated heterocycles. The van der Waals surface area contributed by atoms with Crippen LogP contribution in [0.25, 0.3) is 10.9 Å². The summed E-state index contributed by atoms with van der Waals surface area (Å²) in [7, 11) is -9.02. The van der Waals surface area contributed by atoms with E-state index in [0.717, 1.165) is 24.3 Å². The van der Waals surface area contributed by atoms with Gasteiger partial charge in [-0.1, -0.05) is 12.1 Å². The SMILES string of the molecule is O=C1c2ccc(S(=O)(=O)O)cc2C(=O)C1c1ccc2ccc(S(=O)(=O)O)cc2n1. The predicted molar refractivity (Wildman–Crippen MR) is 99.2 cm³/mol. The Kier molecular flexibility index (Phi) is 4.17. The Morgan fingerprint density at radius 3 is 1.93 bits per heavy atom. The first-order valence-corrected chi connectivity index (χ1v) is 10.9. The van der Waals surface area contributed by atoms with E-state index in [1.165, 1.54) is 18.2 Å². The minimum Gasteiger partial charge on any atom is -0.293 e. The molecule has 1 atom stereocenters. The molecule has 0 aliphatic heterocycles. The number of benzene rings is 2. The molecule has 1 aromatic heterocycles. The van der Waals surface area contributed by atoms with Gasteiger partial charge in [0, 0.05) is 16.5 Å². The highest BCUT2D eigenvalue weighted by molar-refractivity contribution is 7.86. The molecule has 1 heterocycles. The maximum Gasteiger partial charge on any atom is 0.294 e. The Morgan fingerprint density at radius 2 is 1.28 bits per heavy atom. The predicted octanol–water partition coefficient (Wildman–Crippen LogP) is 1.89. The Labute approximate surface area is 164 Å². The molecule has 1 unspecified atom stereocenters. The van der Waals surface area contributed by atoms with Gasteiger partial charge in [0.05, 0.1) is 21.0 Å². The van der Waals surface area contributed by atoms with Crippen molar-refractivity contribution in [2.24, 2.45) is 0 Å². The molecule has 0 fully saturated rings. The van der Waals surface area contributed by atoms with Crippen molar-refractivity contribution in [2.45, 2.75) is 15.7 Å². The van der Waals surface area contributed by atoms with E-state index in [2.05, 4.69) is 4.98 Å². The third-order valence-corrected chi connectivity index (χ3v) is 6.32. The van der Waals surface area contributed by atoms with Gasteiger partial charge in [-0.2, -0.15) is 16.8 Å². The van der Waals surface area contributed by atoms with Gasteiger partial charge in [-0.05, 0) is 36.4 Å². The van der Waals surface area contributed by atoms with Gasteiger partial charge in [-0.25, -0.2) is 0 Å². The van der Waals surface area contributed by atoms with Crippen LogP contribution in [0.2, 0.25) is 0 Å². The number of aromatic nitrogens is 1. The fraction of sp³-hybridized carbons (Fsp3) is 0.0556. The quantitative estimate of drug-likeness (QED) is 0.465. The van der Waals surface area contributed by atoms with Gasteiger partial charge >= 0.3 is 0 Å². The molecule has 3 aromatic rings. The van der Waals surface area contributed by atoms with Crippen molar-refractivity contribution in [2.75, 3.05) is 0 Å². The molecule has 1 aliphatic rings. The number of rotatable bonds is 3. The summed E-state index contributed by atoms with van der Waals surface area (Å²) < 4.78 is 63.6. The van der Waals surface area contributed by atoms with Gasteiger partial charge in [0.25, 0.3) is 20.2 Å². The van der Waals surface area contributed by atoms with Gasteiger partial charge in [-0.3, -0.25) is 23.7 Å². The van der Waals surface area contributed by atoms with Crippen molar-refractivity contribution in [3.8, 4) is 0 Å². The van der Waals surface area contributed by atoms with Crippen LogP contribution in [0.15, 0.2) is 58.3 Å². The zero-order valence-corrected chi connectivity index (χ0v) is 15.9. The fourth-order valence-corrected chi connectivity index (χ4v) is 4.24. The minimum atomic E-state index is -4.55. The number of Topliss-reactive ketones (excluding diaryl/α,β-unsaturated/α-hetero) is 2. The number of carbonyl (C=O) groups excluding carboxylic acids is 2. The summed E-state index contributed by atoms with van der Waals surface area (Å²) in [6.07, 6.45) is 0. The normalized spacial score (nSPS) is 17.0. The largest absolute Gasteiger partial charge is 0.294 e. The van der Waals surface area contributed by atoms with Crippen LogP contribution in [-0.4, -0.2) is 42.5 Å². The van der Waals surface area contributed by atoms with Gasteiger partial charge < -0.3 is 0 Å². The lowest BCUT2D eigenvalue weighted by Crippen LogP contribution is -2.14. The number of fused-ring (bicyclic) bond motifs is 2. The lowest BCUT2D eigenvalue weighted by molar-refractivity contribution is 0.0888. The molecule has 9 nitrogen and oxygen atoms in total. The maximum atomic E-state index is 12.8. The molecule has 0 radical (unpaired) electrons. The second-order valence-corrected chi connectivity index (χ2v) is 9.25. The van der Waals surface area contributed by atoms with E-state index >= 15 is 0 Å². The van der Waals surface area contributed by atoms with E-state index < -0.39 is 42.6 Å². The van der Waals surface area contributed by atoms with E-state index in [0.29, 0.717) is 5.39 Å². The average molecular weight is 433 g/mol. The Balaban J connectivity index is 1.83. The second kappa shape index (κ2) is 6.26. The van der Waals surface area contributed by atoms with Crippen LogP contribution in [-0.2, 0) is 20.2 Å². The van der Waals surface area contributed by atoms with Crippen LogP contribution in [0.1, 0.15) is 32.3 Å². The molecule has 148 valence electrons. The molecule has 0 saturated carbocycles. The number of ketones is 2. The second-order valence-electron chi connectivity index (χ2n) is 6.41. The Hall–Kier alpha value is -2.99. The zero-order valence-electron chi connectivity index (χ0n) is 14.3. The van der Waals surface area contributed by atoms with E-state index in [1.54, 1.807) is 6.07 Å². The van der Waals surface area contributed by atoms with Gasteiger partial charge in [0.2, 0.25) is 0 Å². The van der Waals surface area contributed by atoms with E-state index in [9.17, 15) is 31.0 Å². The Bertz CT molecular complexity index is 1440. The molecule has 1 aliphatic carbocycles. The van der Waals surface area contributed by atoms with Crippen molar-refractivity contribution in [3.63, 3.8) is 0 Å². The van der Waals surface area contributed by atoms with Crippen molar-refractivity contribution in [1.82, 2.24) is 4.98 Å². The van der Waals surface area contributed by atoms with Crippen LogP contribution >= 0.6 is 0 Å². The molecule has 0 bridgehead atoms. The molecule has 2 N–H and O–H groups in total. The molecule has 0 amide bonds. The standard InChI is InChI=1S/C18H11NO8S2/c20-17-12-5-4-10(28(22,23)24)7-13(12)18(21)16(17)14-6-2-9-1-3-11(29(25,26)27)8-15(9)19-14/h1-8,16H,(H,22,23,24)(H,25,26,27). The summed E-state index contributed by atoms with van der Waals surface area (Å²) in [5, 5.41) is 0.519. The average Bonchev–Trinajstić information content (AvgIpc) is 2.89. The van der Waals surface area contributed by atoms with E-state index in [-0.39, 0.29) is 27.2 Å². The van der Waals surface area contributed by atoms with Gasteiger partial charge in [-0.15, -0.1) is 0 Å². The van der Waals surface area contributed by atoms with Crippen LogP contribution in [0.4, 0.5) is 0 Å². The van der Waals surface area contributed by atoms with E-state index in [4.69, 9.17) is 4.55 Å². The topological polar surface area (TPSA) is 156 Å². The number of pyridine rings is 1. The van der Waals surface area contributed by atoms with Crippen molar-refractivity contribution in [1.29, 1.82) is 0 Å². The van der Waals surface area contributed by atoms with Crippen molar-refractivity contribution in [3.05, 3.63) is 65.4 Å². The lowest BCUT2D eigenvalue weighted by atomic mass is 9.98. The zero-order chi connectivity index (χ0) is 21.1. The van der Waals surface area contributed by atoms with Crippen molar-refractivity contribution < 1.29 is 35.5 Å². The van der Waals surface area contributed by atoms with Gasteiger partial charge in [0.1, 0.15) is 5.92 Å². The minimum absolute atomic E-state index is 0.000911. The summed E-state index contributed by atoms with van der Waals surface area (Å²) >= 11 is 0. The maximum absolute atomic E-state index is 12.8. The highest BCUT2D eigenvalue weighted by Crippen LogP contribution is 2.35. The summed E-state index contributed by atoms with van der Waals surface area (Å²) in [5.41, 5.74) is 0.0436. The number of hydrogen-bond donors (Lipinski definition) is 2. The summed E-state index contributed by atoms with van der Waals surface area (Å²) in [6.45, 7) is 0. The third-order valence-electron chi connectivity index (χ3n) is 4.62. The van der Waals surface area contributed by atoms with Crippen molar-refractivity contribution >= 4 is 42.7 Å². The summed E-state index contributed by atoms with van der Waals surface area (Å²) in [4.78, 5) is 28.8. The van der Waals surface area contributed by atoms with Crippen LogP contribution in [0.5, 0.6) is 0 Å². The summed E-state index contributed by atoms with van der Waals surface area (Å²) in [5.74, 6) is -2.61. The molecular weight excluding hydrogens is 422 g/mol. The molecule has 2 aromatic carbocycles. The smallest absolute Gasteiger partial charge is 0.293 e. The molecule has 11 heteroatoms. The Morgan fingerprint density at radius 1 is 0.724 bits per heavy atom. The number of carbonyl (C=O) groups is 2. The molecule has 29 heavy (non-hydrogen) atoms. The fourth-order valence-electron chi connectivity index (χ4n) is 3.24. The molecular formula is C18H11NO8S2. The lowest BCUT2D eigenvalue weighted by Gasteiger charge is -2.08. The van der Waals surface area contributed by atoms with E-state index in [1.807, 2.05) is 0 Å². The molecule has 0 spiro atoms. The first-order valence-electron chi connectivity index (χ1n) is 8.05. The van der Waals surface area contributed by atoms with Crippen LogP contribution < -0.4 is 0 Å². The highest BCUT2D eigenvalue weighted by atomic mass is 32.2. The number of nitrogens with zero attached hydrogens (tertiary/aromatic N) is 1.